The molecule has 1 aromatic carbocycles. The van der Waals surface area contributed by atoms with E-state index in [9.17, 15) is 9.90 Å². The normalized spacial score (nSPS) is 13.0. The SMILES string of the molecule is O=C(Nc1ccccn1)Nc1cccc2c(O)n3c(c12)CCC3. The molecule has 6 heteroatoms. The van der Waals surface area contributed by atoms with Crippen molar-refractivity contribution >= 4 is 28.3 Å². The number of fused-ring (bicyclic) bond motifs is 3. The van der Waals surface area contributed by atoms with Crippen molar-refractivity contribution in [3.63, 3.8) is 0 Å². The van der Waals surface area contributed by atoms with E-state index < -0.39 is 0 Å². The van der Waals surface area contributed by atoms with Crippen LogP contribution in [0.4, 0.5) is 16.3 Å². The number of rotatable bonds is 2. The first-order valence-electron chi connectivity index (χ1n) is 7.56. The number of nitrogens with one attached hydrogen (secondary N) is 2. The van der Waals surface area contributed by atoms with Crippen LogP contribution in [0.5, 0.6) is 5.88 Å². The summed E-state index contributed by atoms with van der Waals surface area (Å²) in [6.45, 7) is 0.815. The van der Waals surface area contributed by atoms with E-state index in [1.165, 1.54) is 0 Å². The van der Waals surface area contributed by atoms with Gasteiger partial charge < -0.3 is 15.0 Å². The monoisotopic (exact) mass is 308 g/mol. The maximum absolute atomic E-state index is 12.2. The fraction of sp³-hybridized carbons (Fsp3) is 0.176. The van der Waals surface area contributed by atoms with Crippen molar-refractivity contribution in [2.75, 3.05) is 10.6 Å². The van der Waals surface area contributed by atoms with Crippen molar-refractivity contribution in [3.8, 4) is 5.88 Å². The molecule has 0 spiro atoms. The van der Waals surface area contributed by atoms with Crippen molar-refractivity contribution < 1.29 is 9.90 Å². The minimum Gasteiger partial charge on any atom is -0.494 e. The first-order chi connectivity index (χ1) is 11.2. The van der Waals surface area contributed by atoms with E-state index in [1.54, 1.807) is 18.3 Å². The highest BCUT2D eigenvalue weighted by Gasteiger charge is 2.23. The number of aryl methyl sites for hydroxylation is 1. The lowest BCUT2D eigenvalue weighted by atomic mass is 10.1. The molecule has 0 fully saturated rings. The summed E-state index contributed by atoms with van der Waals surface area (Å²) in [5.74, 6) is 0.767. The Bertz CT molecular complexity index is 886. The number of aromatic nitrogens is 2. The molecule has 3 aromatic rings. The lowest BCUT2D eigenvalue weighted by Crippen LogP contribution is -2.20. The highest BCUT2D eigenvalue weighted by Crippen LogP contribution is 2.39. The summed E-state index contributed by atoms with van der Waals surface area (Å²) in [6, 6.07) is 10.5. The molecule has 0 aliphatic carbocycles. The van der Waals surface area contributed by atoms with Crippen LogP contribution in [0.1, 0.15) is 12.1 Å². The number of benzene rings is 1. The minimum atomic E-state index is -0.353. The van der Waals surface area contributed by atoms with Crippen molar-refractivity contribution in [1.82, 2.24) is 9.55 Å². The first kappa shape index (κ1) is 13.6. The third kappa shape index (κ3) is 2.28. The number of urea groups is 1. The number of amides is 2. The summed E-state index contributed by atoms with van der Waals surface area (Å²) in [7, 11) is 0. The van der Waals surface area contributed by atoms with E-state index >= 15 is 0 Å². The van der Waals surface area contributed by atoms with Gasteiger partial charge in [-0.15, -0.1) is 0 Å². The maximum Gasteiger partial charge on any atom is 0.324 e. The van der Waals surface area contributed by atoms with E-state index in [0.717, 1.165) is 35.9 Å². The van der Waals surface area contributed by atoms with Gasteiger partial charge in [-0.1, -0.05) is 12.1 Å². The third-order valence-electron chi connectivity index (χ3n) is 4.13. The quantitative estimate of drug-likeness (QED) is 0.679. The lowest BCUT2D eigenvalue weighted by Gasteiger charge is -2.09. The van der Waals surface area contributed by atoms with Crippen LogP contribution in [0.25, 0.3) is 10.8 Å². The average Bonchev–Trinajstić information content (AvgIpc) is 3.12. The van der Waals surface area contributed by atoms with Gasteiger partial charge in [0.1, 0.15) is 5.82 Å². The van der Waals surface area contributed by atoms with Crippen molar-refractivity contribution in [1.29, 1.82) is 0 Å². The second-order valence-electron chi connectivity index (χ2n) is 5.55. The lowest BCUT2D eigenvalue weighted by molar-refractivity contribution is 0.262. The number of anilines is 2. The standard InChI is InChI=1S/C17H16N4O2/c22-16-11-5-3-6-12(15(11)13-7-4-10-21(13)16)19-17(23)20-14-8-1-2-9-18-14/h1-3,5-6,8-9,22H,4,7,10H2,(H2,18,19,20,23). The first-order valence-corrected chi connectivity index (χ1v) is 7.56. The summed E-state index contributed by atoms with van der Waals surface area (Å²) >= 11 is 0. The van der Waals surface area contributed by atoms with Crippen molar-refractivity contribution in [3.05, 3.63) is 48.3 Å². The Balaban J connectivity index is 1.67. The molecule has 3 heterocycles. The van der Waals surface area contributed by atoms with Gasteiger partial charge in [-0.3, -0.25) is 5.32 Å². The summed E-state index contributed by atoms with van der Waals surface area (Å²) in [6.07, 6.45) is 3.53. The topological polar surface area (TPSA) is 79.2 Å². The fourth-order valence-electron chi connectivity index (χ4n) is 3.17. The summed E-state index contributed by atoms with van der Waals surface area (Å²) < 4.78 is 1.92. The molecule has 0 bridgehead atoms. The highest BCUT2D eigenvalue weighted by atomic mass is 16.3. The van der Waals surface area contributed by atoms with Crippen LogP contribution < -0.4 is 10.6 Å². The molecule has 0 saturated heterocycles. The van der Waals surface area contributed by atoms with E-state index in [0.29, 0.717) is 11.5 Å². The number of nitrogens with zero attached hydrogens (tertiary/aromatic N) is 2. The molecule has 6 nitrogen and oxygen atoms in total. The summed E-state index contributed by atoms with van der Waals surface area (Å²) in [4.78, 5) is 16.3. The molecule has 2 amide bonds. The molecule has 0 atom stereocenters. The zero-order valence-electron chi connectivity index (χ0n) is 12.4. The predicted octanol–water partition coefficient (Wildman–Crippen LogP) is 3.33. The second-order valence-corrected chi connectivity index (χ2v) is 5.55. The third-order valence-corrected chi connectivity index (χ3v) is 4.13. The number of carbonyl (C=O) groups is 1. The Morgan fingerprint density at radius 3 is 2.91 bits per heavy atom. The molecule has 0 radical (unpaired) electrons. The molecule has 1 aliphatic heterocycles. The minimum absolute atomic E-state index is 0.279. The molecule has 116 valence electrons. The molecular formula is C17H16N4O2. The Kier molecular flexibility index (Phi) is 3.15. The molecular weight excluding hydrogens is 292 g/mol. The van der Waals surface area contributed by atoms with Crippen LogP contribution in [0.2, 0.25) is 0 Å². The van der Waals surface area contributed by atoms with Crippen LogP contribution in [-0.2, 0) is 13.0 Å². The largest absolute Gasteiger partial charge is 0.494 e. The summed E-state index contributed by atoms with van der Waals surface area (Å²) in [5, 5.41) is 17.6. The van der Waals surface area contributed by atoms with E-state index in [4.69, 9.17) is 0 Å². The van der Waals surface area contributed by atoms with Gasteiger partial charge in [-0.25, -0.2) is 9.78 Å². The number of hydrogen-bond donors (Lipinski definition) is 3. The van der Waals surface area contributed by atoms with E-state index in [1.807, 2.05) is 28.8 Å². The van der Waals surface area contributed by atoms with Crippen molar-refractivity contribution in [2.24, 2.45) is 0 Å². The van der Waals surface area contributed by atoms with E-state index in [2.05, 4.69) is 15.6 Å². The van der Waals surface area contributed by atoms with Gasteiger partial charge in [0.2, 0.25) is 0 Å². The smallest absolute Gasteiger partial charge is 0.324 e. The van der Waals surface area contributed by atoms with Crippen LogP contribution in [0, 0.1) is 0 Å². The molecule has 0 unspecified atom stereocenters. The van der Waals surface area contributed by atoms with Gasteiger partial charge in [0.15, 0.2) is 5.88 Å². The average molecular weight is 308 g/mol. The zero-order valence-corrected chi connectivity index (χ0v) is 12.4. The van der Waals surface area contributed by atoms with Crippen LogP contribution >= 0.6 is 0 Å². The van der Waals surface area contributed by atoms with Crippen molar-refractivity contribution in [2.45, 2.75) is 19.4 Å². The van der Waals surface area contributed by atoms with Gasteiger partial charge in [-0.2, -0.15) is 0 Å². The van der Waals surface area contributed by atoms with E-state index in [-0.39, 0.29) is 11.9 Å². The molecule has 23 heavy (non-hydrogen) atoms. The number of hydrogen-bond acceptors (Lipinski definition) is 3. The van der Waals surface area contributed by atoms with Gasteiger partial charge in [-0.05, 0) is 37.1 Å². The predicted molar refractivity (Wildman–Crippen MR) is 88.8 cm³/mol. The molecule has 2 aromatic heterocycles. The number of pyridine rings is 1. The summed E-state index contributed by atoms with van der Waals surface area (Å²) in [5.41, 5.74) is 1.77. The maximum atomic E-state index is 12.2. The molecule has 1 aliphatic rings. The Morgan fingerprint density at radius 2 is 2.09 bits per heavy atom. The van der Waals surface area contributed by atoms with Gasteiger partial charge in [0, 0.05) is 29.2 Å². The zero-order chi connectivity index (χ0) is 15.8. The Labute approximate surface area is 132 Å². The van der Waals surface area contributed by atoms with Gasteiger partial charge in [0.25, 0.3) is 0 Å². The van der Waals surface area contributed by atoms with Crippen LogP contribution in [0.3, 0.4) is 0 Å². The molecule has 3 N–H and O–H groups in total. The van der Waals surface area contributed by atoms with Gasteiger partial charge >= 0.3 is 6.03 Å². The number of carbonyl (C=O) groups excluding carboxylic acids is 1. The fourth-order valence-corrected chi connectivity index (χ4v) is 3.17. The second kappa shape index (κ2) is 5.31. The van der Waals surface area contributed by atoms with Crippen LogP contribution in [0.15, 0.2) is 42.6 Å². The Hall–Kier alpha value is -3.02. The Morgan fingerprint density at radius 1 is 1.17 bits per heavy atom. The molecule has 0 saturated carbocycles. The molecule has 4 rings (SSSR count). The van der Waals surface area contributed by atoms with Gasteiger partial charge in [0.05, 0.1) is 5.69 Å². The number of aromatic hydroxyl groups is 1. The highest BCUT2D eigenvalue weighted by molar-refractivity contribution is 6.08. The van der Waals surface area contributed by atoms with Crippen LogP contribution in [-0.4, -0.2) is 20.7 Å².